The van der Waals surface area contributed by atoms with E-state index in [0.29, 0.717) is 18.9 Å². The van der Waals surface area contributed by atoms with Gasteiger partial charge in [-0.25, -0.2) is 13.2 Å². The van der Waals surface area contributed by atoms with E-state index >= 15 is 0 Å². The Balaban J connectivity index is 0.00000338. The van der Waals surface area contributed by atoms with E-state index in [1.165, 1.54) is 7.05 Å². The van der Waals surface area contributed by atoms with Gasteiger partial charge in [-0.05, 0) is 24.3 Å². The normalized spacial score (nSPS) is 10.8. The van der Waals surface area contributed by atoms with E-state index < -0.39 is 29.0 Å². The van der Waals surface area contributed by atoms with Crippen LogP contribution in [0.2, 0.25) is 0 Å². The van der Waals surface area contributed by atoms with E-state index in [9.17, 15) is 18.0 Å². The van der Waals surface area contributed by atoms with E-state index in [0.717, 1.165) is 17.9 Å². The predicted octanol–water partition coefficient (Wildman–Crippen LogP) is 2.66. The van der Waals surface area contributed by atoms with Crippen molar-refractivity contribution >= 4 is 41.5 Å². The molecule has 1 aromatic heterocycles. The molecule has 0 fully saturated rings. The molecule has 2 rings (SSSR count). The molecule has 0 saturated carbocycles. The van der Waals surface area contributed by atoms with Crippen LogP contribution in [-0.4, -0.2) is 32.0 Å². The third-order valence-electron chi connectivity index (χ3n) is 3.19. The highest BCUT2D eigenvalue weighted by Crippen LogP contribution is 2.19. The summed E-state index contributed by atoms with van der Waals surface area (Å²) in [5.41, 5.74) is -0.438. The van der Waals surface area contributed by atoms with Gasteiger partial charge < -0.3 is 20.4 Å². The number of halogens is 4. The van der Waals surface area contributed by atoms with Crippen LogP contribution in [0.15, 0.2) is 39.9 Å². The average molecular weight is 482 g/mol. The first-order valence-electron chi connectivity index (χ1n) is 7.41. The van der Waals surface area contributed by atoms with Crippen LogP contribution in [0.3, 0.4) is 0 Å². The van der Waals surface area contributed by atoms with Gasteiger partial charge in [0, 0.05) is 20.0 Å². The Kier molecular flexibility index (Phi) is 8.96. The fourth-order valence-electron chi connectivity index (χ4n) is 1.96. The summed E-state index contributed by atoms with van der Waals surface area (Å²) in [6.07, 6.45) is 2.20. The van der Waals surface area contributed by atoms with Crippen LogP contribution < -0.4 is 16.0 Å². The van der Waals surface area contributed by atoms with E-state index in [2.05, 4.69) is 20.9 Å². The van der Waals surface area contributed by atoms with Crippen molar-refractivity contribution in [3.8, 4) is 0 Å². The number of amides is 1. The molecular formula is C16H18F3IN4O2. The fraction of sp³-hybridized carbons (Fsp3) is 0.250. The van der Waals surface area contributed by atoms with Crippen molar-refractivity contribution in [3.05, 3.63) is 53.7 Å². The van der Waals surface area contributed by atoms with E-state index in [-0.39, 0.29) is 30.5 Å². The lowest BCUT2D eigenvalue weighted by molar-refractivity contribution is -0.115. The zero-order valence-corrected chi connectivity index (χ0v) is 16.1. The van der Waals surface area contributed by atoms with Gasteiger partial charge in [-0.15, -0.1) is 24.0 Å². The molecule has 0 radical (unpaired) electrons. The van der Waals surface area contributed by atoms with Gasteiger partial charge >= 0.3 is 0 Å². The van der Waals surface area contributed by atoms with Gasteiger partial charge in [0.1, 0.15) is 5.76 Å². The van der Waals surface area contributed by atoms with Crippen molar-refractivity contribution in [3.63, 3.8) is 0 Å². The topological polar surface area (TPSA) is 78.7 Å². The maximum atomic E-state index is 13.5. The van der Waals surface area contributed by atoms with Crippen LogP contribution >= 0.6 is 24.0 Å². The summed E-state index contributed by atoms with van der Waals surface area (Å²) in [7, 11) is 1.52. The van der Waals surface area contributed by atoms with Gasteiger partial charge in [0.15, 0.2) is 23.4 Å². The molecule has 0 spiro atoms. The van der Waals surface area contributed by atoms with Crippen LogP contribution in [0.5, 0.6) is 0 Å². The van der Waals surface area contributed by atoms with Crippen LogP contribution in [0, 0.1) is 17.5 Å². The van der Waals surface area contributed by atoms with Crippen molar-refractivity contribution in [1.82, 2.24) is 10.6 Å². The fourth-order valence-corrected chi connectivity index (χ4v) is 1.96. The number of furan rings is 1. The van der Waals surface area contributed by atoms with Crippen molar-refractivity contribution in [2.75, 3.05) is 25.5 Å². The Labute approximate surface area is 165 Å². The van der Waals surface area contributed by atoms with E-state index in [4.69, 9.17) is 4.42 Å². The van der Waals surface area contributed by atoms with Gasteiger partial charge in [0.05, 0.1) is 18.5 Å². The molecule has 10 heteroatoms. The third kappa shape index (κ3) is 6.24. The Hall–Kier alpha value is -2.24. The first-order valence-corrected chi connectivity index (χ1v) is 7.41. The average Bonchev–Trinajstić information content (AvgIpc) is 3.12. The maximum absolute atomic E-state index is 13.5. The molecule has 142 valence electrons. The number of aliphatic imine (C=N–C) groups is 1. The van der Waals surface area contributed by atoms with Crippen molar-refractivity contribution in [2.24, 2.45) is 4.99 Å². The van der Waals surface area contributed by atoms with E-state index in [1.54, 1.807) is 12.3 Å². The summed E-state index contributed by atoms with van der Waals surface area (Å²) in [5.74, 6) is -3.90. The number of guanidine groups is 1. The molecule has 0 unspecified atom stereocenters. The molecule has 0 aliphatic rings. The zero-order valence-electron chi connectivity index (χ0n) is 13.8. The molecule has 0 aliphatic carbocycles. The van der Waals surface area contributed by atoms with E-state index in [1.807, 2.05) is 6.07 Å². The standard InChI is InChI=1S/C16H17F3N4O2.HI/c1-20-16(21-7-6-10-3-2-8-25-10)22-9-13(24)23-12-5-4-11(17)14(18)15(12)19;/h2-5,8H,6-7,9H2,1H3,(H,23,24)(H2,20,21,22);1H. The number of hydrogen-bond donors (Lipinski definition) is 3. The second kappa shape index (κ2) is 10.7. The van der Waals surface area contributed by atoms with Crippen molar-refractivity contribution < 1.29 is 22.4 Å². The van der Waals surface area contributed by atoms with Crippen LogP contribution in [0.25, 0.3) is 0 Å². The highest BCUT2D eigenvalue weighted by atomic mass is 127. The molecule has 0 bridgehead atoms. The zero-order chi connectivity index (χ0) is 18.2. The molecule has 0 atom stereocenters. The lowest BCUT2D eigenvalue weighted by Gasteiger charge is -2.12. The Bertz CT molecular complexity index is 754. The monoisotopic (exact) mass is 482 g/mol. The number of rotatable bonds is 6. The molecule has 26 heavy (non-hydrogen) atoms. The number of anilines is 1. The number of nitrogens with one attached hydrogen (secondary N) is 3. The van der Waals surface area contributed by atoms with Gasteiger partial charge in [0.2, 0.25) is 5.91 Å². The lowest BCUT2D eigenvalue weighted by Crippen LogP contribution is -2.42. The van der Waals surface area contributed by atoms with Gasteiger partial charge in [0.25, 0.3) is 0 Å². The van der Waals surface area contributed by atoms with Gasteiger partial charge in [-0.2, -0.15) is 0 Å². The second-order valence-electron chi connectivity index (χ2n) is 4.95. The van der Waals surface area contributed by atoms with Crippen LogP contribution in [0.4, 0.5) is 18.9 Å². The second-order valence-corrected chi connectivity index (χ2v) is 4.95. The molecular weight excluding hydrogens is 464 g/mol. The number of carbonyl (C=O) groups excluding carboxylic acids is 1. The molecule has 0 saturated heterocycles. The third-order valence-corrected chi connectivity index (χ3v) is 3.19. The van der Waals surface area contributed by atoms with Gasteiger partial charge in [-0.3, -0.25) is 9.79 Å². The molecule has 6 nitrogen and oxygen atoms in total. The van der Waals surface area contributed by atoms with Crippen LogP contribution in [-0.2, 0) is 11.2 Å². The van der Waals surface area contributed by atoms with Crippen LogP contribution in [0.1, 0.15) is 5.76 Å². The number of hydrogen-bond acceptors (Lipinski definition) is 3. The lowest BCUT2D eigenvalue weighted by atomic mass is 10.2. The molecule has 2 aromatic rings. The molecule has 1 amide bonds. The summed E-state index contributed by atoms with van der Waals surface area (Å²) in [5, 5.41) is 7.85. The Morgan fingerprint density at radius 1 is 1.15 bits per heavy atom. The minimum absolute atomic E-state index is 0. The molecule has 3 N–H and O–H groups in total. The quantitative estimate of drug-likeness (QED) is 0.256. The summed E-state index contributed by atoms with van der Waals surface area (Å²) in [4.78, 5) is 15.7. The molecule has 0 aliphatic heterocycles. The summed E-state index contributed by atoms with van der Waals surface area (Å²) in [6, 6.07) is 5.30. The minimum Gasteiger partial charge on any atom is -0.469 e. The first-order chi connectivity index (χ1) is 12.0. The van der Waals surface area contributed by atoms with Crippen molar-refractivity contribution in [1.29, 1.82) is 0 Å². The largest absolute Gasteiger partial charge is 0.469 e. The highest BCUT2D eigenvalue weighted by molar-refractivity contribution is 14.0. The summed E-state index contributed by atoms with van der Waals surface area (Å²) < 4.78 is 44.6. The minimum atomic E-state index is -1.64. The smallest absolute Gasteiger partial charge is 0.243 e. The highest BCUT2D eigenvalue weighted by Gasteiger charge is 2.15. The molecule has 1 heterocycles. The van der Waals surface area contributed by atoms with Gasteiger partial charge in [-0.1, -0.05) is 0 Å². The summed E-state index contributed by atoms with van der Waals surface area (Å²) >= 11 is 0. The predicted molar refractivity (Wildman–Crippen MR) is 102 cm³/mol. The summed E-state index contributed by atoms with van der Waals surface area (Å²) in [6.45, 7) is 0.283. The first kappa shape index (κ1) is 21.8. The SMILES string of the molecule is CN=C(NCCc1ccco1)NCC(=O)Nc1ccc(F)c(F)c1F.I. The Morgan fingerprint density at radius 3 is 2.58 bits per heavy atom. The number of carbonyl (C=O) groups is 1. The maximum Gasteiger partial charge on any atom is 0.243 e. The Morgan fingerprint density at radius 2 is 1.92 bits per heavy atom. The number of nitrogens with zero attached hydrogens (tertiary/aromatic N) is 1. The number of benzene rings is 1. The van der Waals surface area contributed by atoms with Crippen molar-refractivity contribution in [2.45, 2.75) is 6.42 Å². The molecule has 1 aromatic carbocycles.